The normalized spacial score (nSPS) is 27.1. The topological polar surface area (TPSA) is 143 Å². The summed E-state index contributed by atoms with van der Waals surface area (Å²) in [7, 11) is 1.84. The fraction of sp³-hybridized carbons (Fsp3) is 0.667. The van der Waals surface area contributed by atoms with Crippen LogP contribution in [0.2, 0.25) is 0 Å². The first-order valence-corrected chi connectivity index (χ1v) is 7.90. The number of likely N-dealkylation sites (N-methyl/N-ethyl adjacent to an activating group) is 1. The molecule has 0 aromatic heterocycles. The highest BCUT2D eigenvalue weighted by molar-refractivity contribution is 6.00. The van der Waals surface area contributed by atoms with Crippen LogP contribution in [-0.2, 0) is 9.59 Å². The zero-order chi connectivity index (χ0) is 18.2. The van der Waals surface area contributed by atoms with Crippen LogP contribution in [0, 0.1) is 17.2 Å². The lowest BCUT2D eigenvalue weighted by Gasteiger charge is -2.46. The molecule has 0 aromatic rings. The van der Waals surface area contributed by atoms with Crippen LogP contribution in [0.25, 0.3) is 0 Å². The second-order valence-corrected chi connectivity index (χ2v) is 6.51. The van der Waals surface area contributed by atoms with Gasteiger partial charge in [-0.2, -0.15) is 0 Å². The van der Waals surface area contributed by atoms with Gasteiger partial charge in [0.25, 0.3) is 0 Å². The predicted molar refractivity (Wildman–Crippen MR) is 87.0 cm³/mol. The van der Waals surface area contributed by atoms with Crippen LogP contribution in [0.5, 0.6) is 0 Å². The highest BCUT2D eigenvalue weighted by Crippen LogP contribution is 2.47. The van der Waals surface area contributed by atoms with Gasteiger partial charge in [-0.15, -0.1) is 0 Å². The SMILES string of the molecule is C[C@H]1C(CN(C)CCNC(=N)N)=C(C(=O)O)N2C(=O)[C@H]([C@@H](C)O)C12. The average molecular weight is 339 g/mol. The molecule has 0 aromatic carbocycles. The van der Waals surface area contributed by atoms with Crippen LogP contribution in [0.1, 0.15) is 13.8 Å². The third-order valence-corrected chi connectivity index (χ3v) is 4.77. The largest absolute Gasteiger partial charge is 0.477 e. The van der Waals surface area contributed by atoms with Gasteiger partial charge in [-0.3, -0.25) is 10.2 Å². The number of carboxylic acids is 1. The molecule has 9 nitrogen and oxygen atoms in total. The van der Waals surface area contributed by atoms with Gasteiger partial charge in [0.15, 0.2) is 5.96 Å². The predicted octanol–water partition coefficient (Wildman–Crippen LogP) is -1.40. The summed E-state index contributed by atoms with van der Waals surface area (Å²) in [5.41, 5.74) is 5.96. The number of guanidine groups is 1. The van der Waals surface area contributed by atoms with E-state index in [1.807, 2.05) is 18.9 Å². The standard InChI is InChI=1S/C15H25N5O4/c1-7-9(6-19(3)5-4-18-15(16)17)12(14(23)24)20-11(7)10(8(2)21)13(20)22/h7-8,10-11,21H,4-6H2,1-3H3,(H,23,24)(H4,16,17,18)/t7-,8+,10+,11?/m0/s1. The van der Waals surface area contributed by atoms with Crippen LogP contribution in [0.4, 0.5) is 0 Å². The molecule has 0 saturated carbocycles. The molecule has 0 radical (unpaired) electrons. The molecular weight excluding hydrogens is 314 g/mol. The minimum atomic E-state index is -1.12. The van der Waals surface area contributed by atoms with Gasteiger partial charge in [0.2, 0.25) is 5.91 Å². The van der Waals surface area contributed by atoms with Crippen molar-refractivity contribution in [1.82, 2.24) is 15.1 Å². The number of hydrogen-bond donors (Lipinski definition) is 5. The van der Waals surface area contributed by atoms with Crippen LogP contribution in [-0.4, -0.2) is 76.7 Å². The van der Waals surface area contributed by atoms with Gasteiger partial charge in [-0.1, -0.05) is 6.92 Å². The third-order valence-electron chi connectivity index (χ3n) is 4.77. The summed E-state index contributed by atoms with van der Waals surface area (Å²) >= 11 is 0. The molecule has 24 heavy (non-hydrogen) atoms. The van der Waals surface area contributed by atoms with Crippen molar-refractivity contribution in [3.63, 3.8) is 0 Å². The number of rotatable bonds is 7. The minimum Gasteiger partial charge on any atom is -0.477 e. The summed E-state index contributed by atoms with van der Waals surface area (Å²) in [6.45, 7) is 4.89. The molecule has 6 N–H and O–H groups in total. The average Bonchev–Trinajstić information content (AvgIpc) is 2.68. The maximum absolute atomic E-state index is 12.2. The number of β-lactam (4-membered cyclic amide) rings is 1. The summed E-state index contributed by atoms with van der Waals surface area (Å²) < 4.78 is 0. The Balaban J connectivity index is 2.14. The summed E-state index contributed by atoms with van der Waals surface area (Å²) in [6, 6.07) is -0.289. The molecule has 0 spiro atoms. The number of aliphatic hydroxyl groups excluding tert-OH is 1. The molecule has 4 atom stereocenters. The Kier molecular flexibility index (Phi) is 5.14. The number of carbonyl (C=O) groups is 2. The molecule has 0 aliphatic carbocycles. The van der Waals surface area contributed by atoms with Crippen molar-refractivity contribution in [2.75, 3.05) is 26.7 Å². The van der Waals surface area contributed by atoms with Crippen LogP contribution in [0.15, 0.2) is 11.3 Å². The number of nitrogens with one attached hydrogen (secondary N) is 2. The van der Waals surface area contributed by atoms with E-state index in [0.717, 1.165) is 0 Å². The number of carboxylic acid groups (broad SMARTS) is 1. The zero-order valence-corrected chi connectivity index (χ0v) is 14.1. The molecule has 2 aliphatic rings. The molecule has 2 heterocycles. The number of aliphatic hydroxyl groups is 1. The van der Waals surface area contributed by atoms with Crippen LogP contribution in [0.3, 0.4) is 0 Å². The Morgan fingerprint density at radius 3 is 2.67 bits per heavy atom. The van der Waals surface area contributed by atoms with Crippen molar-refractivity contribution in [3.8, 4) is 0 Å². The first kappa shape index (κ1) is 18.2. The van der Waals surface area contributed by atoms with Gasteiger partial charge >= 0.3 is 5.97 Å². The minimum absolute atomic E-state index is 0.0424. The number of aliphatic carboxylic acids is 1. The molecule has 1 unspecified atom stereocenters. The van der Waals surface area contributed by atoms with Gasteiger partial charge in [-0.05, 0) is 19.5 Å². The van der Waals surface area contributed by atoms with Crippen molar-refractivity contribution < 1.29 is 19.8 Å². The Bertz CT molecular complexity index is 588. The van der Waals surface area contributed by atoms with E-state index in [9.17, 15) is 19.8 Å². The summed E-state index contributed by atoms with van der Waals surface area (Å²) in [6.07, 6.45) is -0.798. The van der Waals surface area contributed by atoms with E-state index in [0.29, 0.717) is 25.2 Å². The van der Waals surface area contributed by atoms with Crippen molar-refractivity contribution in [2.24, 2.45) is 17.6 Å². The van der Waals surface area contributed by atoms with E-state index >= 15 is 0 Å². The molecule has 1 saturated heterocycles. The Labute approximate surface area is 140 Å². The molecule has 134 valence electrons. The molecular formula is C15H25N5O4. The highest BCUT2D eigenvalue weighted by Gasteiger charge is 2.59. The number of fused-ring (bicyclic) bond motifs is 1. The van der Waals surface area contributed by atoms with Gasteiger partial charge < -0.3 is 31.1 Å². The number of amides is 1. The van der Waals surface area contributed by atoms with Crippen LogP contribution < -0.4 is 11.1 Å². The lowest BCUT2D eigenvalue weighted by atomic mass is 9.77. The van der Waals surface area contributed by atoms with E-state index in [1.165, 1.54) is 4.90 Å². The number of carbonyl (C=O) groups excluding carboxylic acids is 1. The quantitative estimate of drug-likeness (QED) is 0.218. The highest BCUT2D eigenvalue weighted by atomic mass is 16.4. The number of nitrogens with zero attached hydrogens (tertiary/aromatic N) is 2. The van der Waals surface area contributed by atoms with Crippen molar-refractivity contribution >= 4 is 17.8 Å². The molecule has 9 heteroatoms. The van der Waals surface area contributed by atoms with E-state index in [4.69, 9.17) is 11.1 Å². The molecule has 1 amide bonds. The Morgan fingerprint density at radius 2 is 2.17 bits per heavy atom. The van der Waals surface area contributed by atoms with Gasteiger partial charge in [0.1, 0.15) is 5.70 Å². The molecule has 0 bridgehead atoms. The lowest BCUT2D eigenvalue weighted by molar-refractivity contribution is -0.163. The van der Waals surface area contributed by atoms with Gasteiger partial charge in [0.05, 0.1) is 18.1 Å². The number of hydrogen-bond acceptors (Lipinski definition) is 5. The Hall–Kier alpha value is -2.13. The molecule has 1 fully saturated rings. The van der Waals surface area contributed by atoms with E-state index < -0.39 is 18.0 Å². The number of nitrogens with two attached hydrogens (primary N) is 1. The van der Waals surface area contributed by atoms with E-state index in [1.54, 1.807) is 6.92 Å². The second-order valence-electron chi connectivity index (χ2n) is 6.51. The molecule has 2 aliphatic heterocycles. The van der Waals surface area contributed by atoms with Crippen molar-refractivity contribution in [1.29, 1.82) is 5.41 Å². The fourth-order valence-corrected chi connectivity index (χ4v) is 3.60. The zero-order valence-electron chi connectivity index (χ0n) is 14.1. The van der Waals surface area contributed by atoms with Crippen molar-refractivity contribution in [2.45, 2.75) is 26.0 Å². The monoisotopic (exact) mass is 339 g/mol. The lowest BCUT2D eigenvalue weighted by Crippen LogP contribution is -2.63. The van der Waals surface area contributed by atoms with Crippen molar-refractivity contribution in [3.05, 3.63) is 11.3 Å². The van der Waals surface area contributed by atoms with Gasteiger partial charge in [0, 0.05) is 25.6 Å². The van der Waals surface area contributed by atoms with E-state index in [-0.39, 0.29) is 29.5 Å². The third kappa shape index (κ3) is 3.09. The first-order chi connectivity index (χ1) is 11.2. The smallest absolute Gasteiger partial charge is 0.352 e. The van der Waals surface area contributed by atoms with Gasteiger partial charge in [-0.25, -0.2) is 4.79 Å². The summed E-state index contributed by atoms with van der Waals surface area (Å²) in [5, 5.41) is 29.2. The van der Waals surface area contributed by atoms with E-state index in [2.05, 4.69) is 5.32 Å². The summed E-state index contributed by atoms with van der Waals surface area (Å²) in [5.74, 6) is -2.23. The first-order valence-electron chi connectivity index (χ1n) is 7.90. The maximum Gasteiger partial charge on any atom is 0.352 e. The molecule has 2 rings (SSSR count). The maximum atomic E-state index is 12.2. The van der Waals surface area contributed by atoms with Crippen LogP contribution >= 0.6 is 0 Å². The Morgan fingerprint density at radius 1 is 1.54 bits per heavy atom. The summed E-state index contributed by atoms with van der Waals surface area (Å²) in [4.78, 5) is 27.1. The second kappa shape index (κ2) is 6.78. The fourth-order valence-electron chi connectivity index (χ4n) is 3.60.